The zero-order valence-corrected chi connectivity index (χ0v) is 21.1. The number of aryl methyl sites for hydroxylation is 2. The van der Waals surface area contributed by atoms with Crippen LogP contribution >= 0.6 is 11.6 Å². The first-order valence-corrected chi connectivity index (χ1v) is 12.2. The van der Waals surface area contributed by atoms with Gasteiger partial charge in [0.1, 0.15) is 0 Å². The van der Waals surface area contributed by atoms with Crippen LogP contribution in [-0.4, -0.2) is 21.1 Å². The van der Waals surface area contributed by atoms with Gasteiger partial charge in [-0.3, -0.25) is 19.2 Å². The first-order valence-electron chi connectivity index (χ1n) is 11.9. The highest BCUT2D eigenvalue weighted by Crippen LogP contribution is 2.32. The molecule has 1 aliphatic heterocycles. The van der Waals surface area contributed by atoms with Crippen molar-refractivity contribution in [1.82, 2.24) is 14.5 Å². The van der Waals surface area contributed by atoms with E-state index in [-0.39, 0.29) is 5.56 Å². The number of fused-ring (bicyclic) bond motifs is 1. The number of rotatable bonds is 5. The SMILES string of the molecule is Cc1cccc(N2CN(Cc3ccccc3Cl)Cn3c2nc(C)c(Cc2ccccc2)c3=O)c1C. The zero-order chi connectivity index (χ0) is 24.5. The van der Waals surface area contributed by atoms with Crippen LogP contribution in [0.2, 0.25) is 5.02 Å². The second kappa shape index (κ2) is 9.68. The van der Waals surface area contributed by atoms with Crippen LogP contribution in [0.1, 0.15) is 33.5 Å². The largest absolute Gasteiger partial charge is 0.298 e. The van der Waals surface area contributed by atoms with Crippen molar-refractivity contribution in [2.45, 2.75) is 40.4 Å². The van der Waals surface area contributed by atoms with Gasteiger partial charge in [-0.15, -0.1) is 0 Å². The van der Waals surface area contributed by atoms with E-state index in [1.54, 1.807) is 0 Å². The number of hydrogen-bond acceptors (Lipinski definition) is 4. The summed E-state index contributed by atoms with van der Waals surface area (Å²) >= 11 is 6.49. The fourth-order valence-corrected chi connectivity index (χ4v) is 4.91. The van der Waals surface area contributed by atoms with Gasteiger partial charge < -0.3 is 0 Å². The third kappa shape index (κ3) is 4.62. The first-order chi connectivity index (χ1) is 16.9. The van der Waals surface area contributed by atoms with Crippen LogP contribution in [0.25, 0.3) is 0 Å². The van der Waals surface area contributed by atoms with E-state index >= 15 is 0 Å². The zero-order valence-electron chi connectivity index (χ0n) is 20.3. The molecule has 0 saturated heterocycles. The Kier molecular flexibility index (Phi) is 6.46. The van der Waals surface area contributed by atoms with Gasteiger partial charge >= 0.3 is 0 Å². The van der Waals surface area contributed by atoms with E-state index in [4.69, 9.17) is 16.6 Å². The van der Waals surface area contributed by atoms with E-state index in [0.717, 1.165) is 33.1 Å². The Labute approximate surface area is 211 Å². The molecule has 3 aromatic carbocycles. The van der Waals surface area contributed by atoms with E-state index in [1.165, 1.54) is 11.1 Å². The summed E-state index contributed by atoms with van der Waals surface area (Å²) in [6.07, 6.45) is 0.562. The molecule has 5 rings (SSSR count). The summed E-state index contributed by atoms with van der Waals surface area (Å²) < 4.78 is 1.81. The van der Waals surface area contributed by atoms with Crippen LogP contribution in [0.3, 0.4) is 0 Å². The Morgan fingerprint density at radius 1 is 0.886 bits per heavy atom. The predicted octanol–water partition coefficient (Wildman–Crippen LogP) is 5.98. The number of benzene rings is 3. The molecule has 0 saturated carbocycles. The van der Waals surface area contributed by atoms with Crippen LogP contribution < -0.4 is 10.5 Å². The van der Waals surface area contributed by atoms with Crippen molar-refractivity contribution in [2.75, 3.05) is 11.6 Å². The van der Waals surface area contributed by atoms with Crippen molar-refractivity contribution in [3.8, 4) is 0 Å². The van der Waals surface area contributed by atoms with Crippen molar-refractivity contribution >= 4 is 23.2 Å². The Morgan fingerprint density at radius 2 is 1.63 bits per heavy atom. The molecule has 5 nitrogen and oxygen atoms in total. The van der Waals surface area contributed by atoms with Gasteiger partial charge in [-0.25, -0.2) is 4.98 Å². The molecule has 0 atom stereocenters. The Bertz CT molecular complexity index is 1430. The van der Waals surface area contributed by atoms with Crippen LogP contribution in [0.5, 0.6) is 0 Å². The van der Waals surface area contributed by atoms with Gasteiger partial charge in [-0.2, -0.15) is 0 Å². The summed E-state index contributed by atoms with van der Waals surface area (Å²) in [5.74, 6) is 0.688. The highest BCUT2D eigenvalue weighted by Gasteiger charge is 2.29. The number of hydrogen-bond donors (Lipinski definition) is 0. The first kappa shape index (κ1) is 23.3. The smallest absolute Gasteiger partial charge is 0.259 e. The minimum Gasteiger partial charge on any atom is -0.298 e. The number of anilines is 2. The van der Waals surface area contributed by atoms with Gasteiger partial charge in [0.15, 0.2) is 0 Å². The lowest BCUT2D eigenvalue weighted by Crippen LogP contribution is -2.48. The lowest BCUT2D eigenvalue weighted by Gasteiger charge is -2.39. The summed E-state index contributed by atoms with van der Waals surface area (Å²) in [7, 11) is 0. The van der Waals surface area contributed by atoms with E-state index in [9.17, 15) is 4.79 Å². The molecule has 6 heteroatoms. The van der Waals surface area contributed by atoms with Crippen LogP contribution in [0.4, 0.5) is 11.6 Å². The van der Waals surface area contributed by atoms with Gasteiger partial charge in [0.05, 0.1) is 19.0 Å². The van der Waals surface area contributed by atoms with E-state index in [2.05, 4.69) is 54.0 Å². The highest BCUT2D eigenvalue weighted by atomic mass is 35.5. The third-order valence-corrected chi connectivity index (χ3v) is 7.18. The minimum atomic E-state index is 0.00974. The molecule has 35 heavy (non-hydrogen) atoms. The van der Waals surface area contributed by atoms with Gasteiger partial charge in [0, 0.05) is 29.2 Å². The predicted molar refractivity (Wildman–Crippen MR) is 142 cm³/mol. The fourth-order valence-electron chi connectivity index (χ4n) is 4.71. The maximum atomic E-state index is 13.9. The molecule has 0 unspecified atom stereocenters. The highest BCUT2D eigenvalue weighted by molar-refractivity contribution is 6.31. The standard InChI is InChI=1S/C29H29ClN4O/c1-20-10-9-15-27(21(20)2)33-18-32(17-24-13-7-8-14-26(24)30)19-34-28(35)25(22(3)31-29(33)34)16-23-11-5-4-6-12-23/h4-15H,16-19H2,1-3H3. The molecule has 4 aromatic rings. The average Bonchev–Trinajstić information content (AvgIpc) is 2.86. The van der Waals surface area contributed by atoms with Crippen LogP contribution in [0, 0.1) is 20.8 Å². The molecular formula is C29H29ClN4O. The molecule has 0 aliphatic carbocycles. The fraction of sp³-hybridized carbons (Fsp3) is 0.241. The molecule has 0 N–H and O–H groups in total. The van der Waals surface area contributed by atoms with Crippen molar-refractivity contribution in [1.29, 1.82) is 0 Å². The Hall–Kier alpha value is -3.41. The van der Waals surface area contributed by atoms with Crippen molar-refractivity contribution in [2.24, 2.45) is 0 Å². The molecule has 0 amide bonds. The Balaban J connectivity index is 1.62. The van der Waals surface area contributed by atoms with Crippen LogP contribution in [0.15, 0.2) is 77.6 Å². The average molecular weight is 485 g/mol. The molecule has 1 aliphatic rings. The van der Waals surface area contributed by atoms with Gasteiger partial charge in [-0.05, 0) is 55.2 Å². The monoisotopic (exact) mass is 484 g/mol. The second-order valence-corrected chi connectivity index (χ2v) is 9.63. The lowest BCUT2D eigenvalue weighted by molar-refractivity contribution is 0.189. The van der Waals surface area contributed by atoms with Gasteiger partial charge in [0.2, 0.25) is 5.95 Å². The third-order valence-electron chi connectivity index (χ3n) is 6.82. The molecule has 2 heterocycles. The van der Waals surface area contributed by atoms with E-state index < -0.39 is 0 Å². The number of nitrogens with zero attached hydrogens (tertiary/aromatic N) is 4. The minimum absolute atomic E-state index is 0.00974. The van der Waals surface area contributed by atoms with Crippen molar-refractivity contribution in [3.63, 3.8) is 0 Å². The summed E-state index contributed by atoms with van der Waals surface area (Å²) in [5.41, 5.74) is 7.11. The summed E-state index contributed by atoms with van der Waals surface area (Å²) in [6.45, 7) is 7.87. The lowest BCUT2D eigenvalue weighted by atomic mass is 10.0. The van der Waals surface area contributed by atoms with E-state index in [0.29, 0.717) is 32.3 Å². The molecule has 0 spiro atoms. The molecular weight excluding hydrogens is 456 g/mol. The normalized spacial score (nSPS) is 13.7. The van der Waals surface area contributed by atoms with Crippen molar-refractivity contribution in [3.05, 3.63) is 122 Å². The topological polar surface area (TPSA) is 41.4 Å². The summed E-state index contributed by atoms with van der Waals surface area (Å²) in [6, 6.07) is 24.2. The van der Waals surface area contributed by atoms with Gasteiger partial charge in [0.25, 0.3) is 5.56 Å². The second-order valence-electron chi connectivity index (χ2n) is 9.22. The quantitative estimate of drug-likeness (QED) is 0.349. The Morgan fingerprint density at radius 3 is 2.40 bits per heavy atom. The molecule has 0 bridgehead atoms. The van der Waals surface area contributed by atoms with Crippen molar-refractivity contribution < 1.29 is 0 Å². The number of halogens is 1. The molecule has 178 valence electrons. The summed E-state index contributed by atoms with van der Waals surface area (Å²) in [4.78, 5) is 23.3. The maximum Gasteiger partial charge on any atom is 0.259 e. The maximum absolute atomic E-state index is 13.9. The molecule has 0 radical (unpaired) electrons. The number of aromatic nitrogens is 2. The summed E-state index contributed by atoms with van der Waals surface area (Å²) in [5, 5.41) is 0.732. The van der Waals surface area contributed by atoms with E-state index in [1.807, 2.05) is 54.0 Å². The molecule has 1 aromatic heterocycles. The molecule has 0 fully saturated rings. The van der Waals surface area contributed by atoms with Crippen LogP contribution in [-0.2, 0) is 19.6 Å². The van der Waals surface area contributed by atoms with Gasteiger partial charge in [-0.1, -0.05) is 72.3 Å².